The van der Waals surface area contributed by atoms with Crippen LogP contribution in [0.25, 0.3) is 0 Å². The van der Waals surface area contributed by atoms with Gasteiger partial charge in [0.15, 0.2) is 5.76 Å². The van der Waals surface area contributed by atoms with Crippen LogP contribution in [0.2, 0.25) is 0 Å². The molecule has 0 saturated carbocycles. The van der Waals surface area contributed by atoms with Crippen molar-refractivity contribution in [3.05, 3.63) is 17.5 Å². The summed E-state index contributed by atoms with van der Waals surface area (Å²) in [4.78, 5) is 11.7. The number of amides is 1. The maximum atomic E-state index is 11.7. The van der Waals surface area contributed by atoms with E-state index in [4.69, 9.17) is 14.4 Å². The van der Waals surface area contributed by atoms with E-state index in [1.807, 2.05) is 0 Å². The lowest BCUT2D eigenvalue weighted by atomic mass is 10.0. The Morgan fingerprint density at radius 2 is 2.06 bits per heavy atom. The molecule has 1 aromatic heterocycles. The topological polar surface area (TPSA) is 84.6 Å². The van der Waals surface area contributed by atoms with Crippen molar-refractivity contribution in [2.45, 2.75) is 52.4 Å². The van der Waals surface area contributed by atoms with E-state index in [1.165, 1.54) is 0 Å². The zero-order valence-corrected chi connectivity index (χ0v) is 11.4. The summed E-state index contributed by atoms with van der Waals surface area (Å²) >= 11 is 0. The number of rotatable bonds is 3. The third-order valence-electron chi connectivity index (χ3n) is 2.15. The highest BCUT2D eigenvalue weighted by molar-refractivity contribution is 5.68. The second-order valence-electron chi connectivity index (χ2n) is 5.59. The van der Waals surface area contributed by atoms with E-state index < -0.39 is 17.2 Å². The molecule has 1 heterocycles. The molecule has 0 saturated heterocycles. The van der Waals surface area contributed by atoms with Crippen molar-refractivity contribution in [1.82, 2.24) is 10.5 Å². The zero-order valence-electron chi connectivity index (χ0n) is 11.4. The van der Waals surface area contributed by atoms with Gasteiger partial charge in [0.1, 0.15) is 11.3 Å². The summed E-state index contributed by atoms with van der Waals surface area (Å²) in [6.45, 7) is 8.69. The van der Waals surface area contributed by atoms with Gasteiger partial charge < -0.3 is 19.7 Å². The molecule has 0 bridgehead atoms. The summed E-state index contributed by atoms with van der Waals surface area (Å²) in [6.07, 6.45) is -0.533. The highest BCUT2D eigenvalue weighted by Crippen LogP contribution is 2.21. The standard InChI is InChI=1S/C12H20N2O4/c1-11(2,3)17-10(16)13-12(4,5)9-6-8(7-15)14-18-9/h6,15H,7H2,1-5H3,(H,13,16). The lowest BCUT2D eigenvalue weighted by Gasteiger charge is -2.26. The number of carbonyl (C=O) groups excluding carboxylic acids is 1. The molecule has 0 aliphatic carbocycles. The minimum atomic E-state index is -0.761. The fourth-order valence-electron chi connectivity index (χ4n) is 1.30. The molecule has 1 aromatic rings. The molecule has 1 amide bonds. The molecule has 0 aromatic carbocycles. The second kappa shape index (κ2) is 4.97. The molecule has 0 aliphatic rings. The van der Waals surface area contributed by atoms with Gasteiger partial charge in [-0.1, -0.05) is 5.16 Å². The Hall–Kier alpha value is -1.56. The Morgan fingerprint density at radius 3 is 2.50 bits per heavy atom. The zero-order chi connectivity index (χ0) is 14.0. The summed E-state index contributed by atoms with van der Waals surface area (Å²) < 4.78 is 10.2. The van der Waals surface area contributed by atoms with E-state index in [0.29, 0.717) is 11.5 Å². The first kappa shape index (κ1) is 14.5. The first-order valence-corrected chi connectivity index (χ1v) is 5.72. The van der Waals surface area contributed by atoms with E-state index in [1.54, 1.807) is 40.7 Å². The first-order chi connectivity index (χ1) is 8.14. The predicted molar refractivity (Wildman–Crippen MR) is 64.8 cm³/mol. The Labute approximate surface area is 106 Å². The summed E-state index contributed by atoms with van der Waals surface area (Å²) in [7, 11) is 0. The van der Waals surface area contributed by atoms with Gasteiger partial charge in [-0.25, -0.2) is 4.79 Å². The lowest BCUT2D eigenvalue weighted by Crippen LogP contribution is -2.43. The Bertz CT molecular complexity index is 418. The number of ether oxygens (including phenoxy) is 1. The van der Waals surface area contributed by atoms with E-state index in [0.717, 1.165) is 0 Å². The van der Waals surface area contributed by atoms with Crippen LogP contribution in [0.4, 0.5) is 4.79 Å². The van der Waals surface area contributed by atoms with Crippen LogP contribution in [0, 0.1) is 0 Å². The highest BCUT2D eigenvalue weighted by Gasteiger charge is 2.29. The number of nitrogens with zero attached hydrogens (tertiary/aromatic N) is 1. The van der Waals surface area contributed by atoms with Crippen molar-refractivity contribution in [3.8, 4) is 0 Å². The van der Waals surface area contributed by atoms with Gasteiger partial charge in [-0.15, -0.1) is 0 Å². The average Bonchev–Trinajstić information content (AvgIpc) is 2.61. The van der Waals surface area contributed by atoms with Gasteiger partial charge in [-0.05, 0) is 34.6 Å². The third kappa shape index (κ3) is 4.03. The molecular formula is C12H20N2O4. The second-order valence-corrected chi connectivity index (χ2v) is 5.59. The van der Waals surface area contributed by atoms with E-state index in [9.17, 15) is 4.79 Å². The van der Waals surface area contributed by atoms with Crippen LogP contribution in [-0.4, -0.2) is 22.0 Å². The minimum Gasteiger partial charge on any atom is -0.444 e. The molecule has 18 heavy (non-hydrogen) atoms. The Morgan fingerprint density at radius 1 is 1.44 bits per heavy atom. The van der Waals surface area contributed by atoms with Crippen LogP contribution in [0.3, 0.4) is 0 Å². The summed E-state index contributed by atoms with van der Waals surface area (Å²) in [5, 5.41) is 15.3. The lowest BCUT2D eigenvalue weighted by molar-refractivity contribution is 0.0455. The number of alkyl carbamates (subject to hydrolysis) is 1. The van der Waals surface area contributed by atoms with Gasteiger partial charge in [-0.3, -0.25) is 0 Å². The molecule has 102 valence electrons. The van der Waals surface area contributed by atoms with Gasteiger partial charge in [0.05, 0.1) is 12.1 Å². The van der Waals surface area contributed by atoms with Crippen LogP contribution < -0.4 is 5.32 Å². The number of aliphatic hydroxyl groups excluding tert-OH is 1. The monoisotopic (exact) mass is 256 g/mol. The van der Waals surface area contributed by atoms with Gasteiger partial charge >= 0.3 is 6.09 Å². The van der Waals surface area contributed by atoms with Crippen LogP contribution in [0.15, 0.2) is 10.6 Å². The maximum Gasteiger partial charge on any atom is 0.408 e. The molecule has 0 fully saturated rings. The Balaban J connectivity index is 2.72. The SMILES string of the molecule is CC(C)(C)OC(=O)NC(C)(C)c1cc(CO)no1. The average molecular weight is 256 g/mol. The molecule has 0 spiro atoms. The van der Waals surface area contributed by atoms with Crippen LogP contribution in [0.1, 0.15) is 46.1 Å². The van der Waals surface area contributed by atoms with E-state index in [-0.39, 0.29) is 6.61 Å². The van der Waals surface area contributed by atoms with Gasteiger partial charge in [0, 0.05) is 6.07 Å². The maximum absolute atomic E-state index is 11.7. The van der Waals surface area contributed by atoms with Crippen LogP contribution in [-0.2, 0) is 16.9 Å². The number of aliphatic hydroxyl groups is 1. The van der Waals surface area contributed by atoms with Crippen molar-refractivity contribution in [2.75, 3.05) is 0 Å². The van der Waals surface area contributed by atoms with Crippen molar-refractivity contribution in [2.24, 2.45) is 0 Å². The van der Waals surface area contributed by atoms with Crippen molar-refractivity contribution in [1.29, 1.82) is 0 Å². The van der Waals surface area contributed by atoms with Crippen molar-refractivity contribution < 1.29 is 19.2 Å². The van der Waals surface area contributed by atoms with E-state index >= 15 is 0 Å². The smallest absolute Gasteiger partial charge is 0.408 e. The highest BCUT2D eigenvalue weighted by atomic mass is 16.6. The summed E-state index contributed by atoms with van der Waals surface area (Å²) in [6, 6.07) is 1.59. The number of aromatic nitrogens is 1. The number of hydrogen-bond acceptors (Lipinski definition) is 5. The molecule has 1 rings (SSSR count). The van der Waals surface area contributed by atoms with Crippen LogP contribution >= 0.6 is 0 Å². The summed E-state index contributed by atoms with van der Waals surface area (Å²) in [5.74, 6) is 0.456. The van der Waals surface area contributed by atoms with Crippen molar-refractivity contribution in [3.63, 3.8) is 0 Å². The molecular weight excluding hydrogens is 236 g/mol. The Kier molecular flexibility index (Phi) is 4.01. The fourth-order valence-corrected chi connectivity index (χ4v) is 1.30. The molecule has 6 heteroatoms. The number of hydrogen-bond donors (Lipinski definition) is 2. The quantitative estimate of drug-likeness (QED) is 0.863. The third-order valence-corrected chi connectivity index (χ3v) is 2.15. The number of carbonyl (C=O) groups is 1. The summed E-state index contributed by atoms with van der Waals surface area (Å²) in [5.41, 5.74) is -0.898. The largest absolute Gasteiger partial charge is 0.444 e. The number of nitrogens with one attached hydrogen (secondary N) is 1. The molecule has 0 unspecified atom stereocenters. The molecule has 0 radical (unpaired) electrons. The van der Waals surface area contributed by atoms with Gasteiger partial charge in [-0.2, -0.15) is 0 Å². The fraction of sp³-hybridized carbons (Fsp3) is 0.667. The van der Waals surface area contributed by atoms with E-state index in [2.05, 4.69) is 10.5 Å². The van der Waals surface area contributed by atoms with Gasteiger partial charge in [0.25, 0.3) is 0 Å². The minimum absolute atomic E-state index is 0.202. The predicted octanol–water partition coefficient (Wildman–Crippen LogP) is 1.93. The normalized spacial score (nSPS) is 12.3. The first-order valence-electron chi connectivity index (χ1n) is 5.72. The van der Waals surface area contributed by atoms with Gasteiger partial charge in [0.2, 0.25) is 0 Å². The molecule has 6 nitrogen and oxygen atoms in total. The molecule has 2 N–H and O–H groups in total. The molecule has 0 aliphatic heterocycles. The van der Waals surface area contributed by atoms with Crippen molar-refractivity contribution >= 4 is 6.09 Å². The van der Waals surface area contributed by atoms with Crippen LogP contribution in [0.5, 0.6) is 0 Å². The molecule has 0 atom stereocenters.